The molecule has 0 aliphatic carbocycles. The summed E-state index contributed by atoms with van der Waals surface area (Å²) in [5.74, 6) is 0.164. The minimum atomic E-state index is -5.20. The van der Waals surface area contributed by atoms with Crippen LogP contribution >= 0.6 is 0 Å². The first-order valence-corrected chi connectivity index (χ1v) is 9.98. The molecule has 0 radical (unpaired) electrons. The summed E-state index contributed by atoms with van der Waals surface area (Å²) in [7, 11) is -4.78. The molecule has 3 rings (SSSR count). The molecule has 32 heavy (non-hydrogen) atoms. The van der Waals surface area contributed by atoms with Gasteiger partial charge in [0, 0.05) is 12.6 Å². The summed E-state index contributed by atoms with van der Waals surface area (Å²) >= 11 is 0. The van der Waals surface area contributed by atoms with Crippen LogP contribution in [0.4, 0.5) is 26.3 Å². The smallest absolute Gasteiger partial charge is 0.268 e. The molecule has 0 fully saturated rings. The molecule has 0 saturated heterocycles. The van der Waals surface area contributed by atoms with Gasteiger partial charge in [-0.3, -0.25) is 4.79 Å². The summed E-state index contributed by atoms with van der Waals surface area (Å²) in [6, 6.07) is 2.43. The van der Waals surface area contributed by atoms with E-state index in [0.29, 0.717) is 0 Å². The normalized spacial score (nSPS) is 12.8. The summed E-state index contributed by atoms with van der Waals surface area (Å²) in [5.41, 5.74) is -4.18. The highest BCUT2D eigenvalue weighted by Gasteiger charge is 2.38. The lowest BCUT2D eigenvalue weighted by atomic mass is 10.1. The predicted octanol–water partition coefficient (Wildman–Crippen LogP) is 1.84. The average molecular weight is 482 g/mol. The second-order valence-corrected chi connectivity index (χ2v) is 8.00. The van der Waals surface area contributed by atoms with Crippen LogP contribution in [0.1, 0.15) is 11.1 Å². The van der Waals surface area contributed by atoms with Crippen molar-refractivity contribution in [2.24, 2.45) is 0 Å². The number of hydrogen-bond donors (Lipinski definition) is 1. The Morgan fingerprint density at radius 2 is 1.59 bits per heavy atom. The van der Waals surface area contributed by atoms with Gasteiger partial charge < -0.3 is 0 Å². The van der Waals surface area contributed by atoms with Gasteiger partial charge in [-0.15, -0.1) is 5.10 Å². The molecular weight excluding hydrogens is 470 g/mol. The maximum Gasteiger partial charge on any atom is 0.416 e. The van der Waals surface area contributed by atoms with Gasteiger partial charge in [-0.05, 0) is 24.3 Å². The number of halogens is 6. The molecule has 0 aliphatic heterocycles. The standard InChI is InChI=1S/C16H12F6N6O3S/c17-15(18,19)10-5-11(16(20,21)22)7-12(6-10)32(30,31)25-3-4-27-14(29)2-1-13(26-27)28-9-23-8-24-28/h1-2,5-9,25H,3-4H2. The van der Waals surface area contributed by atoms with Crippen LogP contribution in [0.15, 0.2) is 52.7 Å². The number of rotatable bonds is 6. The highest BCUT2D eigenvalue weighted by atomic mass is 32.2. The molecule has 0 amide bonds. The van der Waals surface area contributed by atoms with Crippen molar-refractivity contribution in [1.29, 1.82) is 0 Å². The third-order valence-electron chi connectivity index (χ3n) is 3.99. The number of nitrogens with one attached hydrogen (secondary N) is 1. The summed E-state index contributed by atoms with van der Waals surface area (Å²) in [5, 5.41) is 7.74. The molecule has 0 saturated carbocycles. The number of sulfonamides is 1. The van der Waals surface area contributed by atoms with Gasteiger partial charge in [0.05, 0.1) is 22.6 Å². The number of hydrogen-bond acceptors (Lipinski definition) is 6. The molecule has 0 spiro atoms. The van der Waals surface area contributed by atoms with Gasteiger partial charge in [-0.25, -0.2) is 27.5 Å². The fourth-order valence-electron chi connectivity index (χ4n) is 2.50. The van der Waals surface area contributed by atoms with Crippen LogP contribution in [0, 0.1) is 0 Å². The first-order valence-electron chi connectivity index (χ1n) is 8.50. The molecule has 9 nitrogen and oxygen atoms in total. The van der Waals surface area contributed by atoms with Gasteiger partial charge in [0.2, 0.25) is 10.0 Å². The van der Waals surface area contributed by atoms with Crippen molar-refractivity contribution >= 4 is 10.0 Å². The topological polar surface area (TPSA) is 112 Å². The fraction of sp³-hybridized carbons (Fsp3) is 0.250. The summed E-state index contributed by atoms with van der Waals surface area (Å²) in [6.07, 6.45) is -7.92. The molecule has 1 N–H and O–H groups in total. The minimum absolute atomic E-state index is 0.0906. The zero-order valence-electron chi connectivity index (χ0n) is 15.6. The van der Waals surface area contributed by atoms with Gasteiger partial charge in [-0.2, -0.15) is 31.4 Å². The molecular formula is C16H12F6N6O3S. The number of benzene rings is 1. The largest absolute Gasteiger partial charge is 0.416 e. The molecule has 0 atom stereocenters. The number of nitrogens with zero attached hydrogens (tertiary/aromatic N) is 5. The van der Waals surface area contributed by atoms with Crippen LogP contribution in [0.25, 0.3) is 5.82 Å². The second kappa shape index (κ2) is 8.34. The van der Waals surface area contributed by atoms with E-state index in [1.54, 1.807) is 0 Å². The Morgan fingerprint density at radius 1 is 0.969 bits per heavy atom. The first kappa shape index (κ1) is 23.4. The van der Waals surface area contributed by atoms with Crippen LogP contribution in [0.3, 0.4) is 0 Å². The Bertz CT molecular complexity index is 1240. The molecule has 2 heterocycles. The van der Waals surface area contributed by atoms with Crippen LogP contribution in [0.5, 0.6) is 0 Å². The molecule has 0 bridgehead atoms. The van der Waals surface area contributed by atoms with Gasteiger partial charge in [-0.1, -0.05) is 0 Å². The zero-order valence-corrected chi connectivity index (χ0v) is 16.4. The molecule has 0 aliphatic rings. The van der Waals surface area contributed by atoms with Crippen molar-refractivity contribution in [3.63, 3.8) is 0 Å². The van der Waals surface area contributed by atoms with E-state index in [9.17, 15) is 39.6 Å². The van der Waals surface area contributed by atoms with Crippen LogP contribution in [0.2, 0.25) is 0 Å². The maximum atomic E-state index is 13.0. The Balaban J connectivity index is 1.83. The third kappa shape index (κ3) is 5.31. The van der Waals surface area contributed by atoms with Crippen molar-refractivity contribution in [2.45, 2.75) is 23.8 Å². The van der Waals surface area contributed by atoms with E-state index in [1.165, 1.54) is 23.4 Å². The molecule has 172 valence electrons. The SMILES string of the molecule is O=c1ccc(-n2cncn2)nn1CCNS(=O)(=O)c1cc(C(F)(F)F)cc(C(F)(F)F)c1. The number of aromatic nitrogens is 5. The van der Waals surface area contributed by atoms with Crippen LogP contribution < -0.4 is 10.3 Å². The fourth-order valence-corrected chi connectivity index (χ4v) is 3.59. The lowest BCUT2D eigenvalue weighted by molar-refractivity contribution is -0.143. The summed E-state index contributed by atoms with van der Waals surface area (Å²) in [6.45, 7) is -0.917. The van der Waals surface area contributed by atoms with Crippen molar-refractivity contribution in [3.05, 3.63) is 64.5 Å². The highest BCUT2D eigenvalue weighted by molar-refractivity contribution is 7.89. The lowest BCUT2D eigenvalue weighted by Crippen LogP contribution is -2.32. The van der Waals surface area contributed by atoms with Crippen molar-refractivity contribution < 1.29 is 34.8 Å². The van der Waals surface area contributed by atoms with E-state index in [-0.39, 0.29) is 30.6 Å². The highest BCUT2D eigenvalue weighted by Crippen LogP contribution is 2.37. The quantitative estimate of drug-likeness (QED) is 0.537. The van der Waals surface area contributed by atoms with E-state index < -0.39 is 50.5 Å². The van der Waals surface area contributed by atoms with Crippen LogP contribution in [-0.4, -0.2) is 39.5 Å². The van der Waals surface area contributed by atoms with Gasteiger partial charge in [0.1, 0.15) is 12.7 Å². The Labute approximate surface area is 175 Å². The van der Waals surface area contributed by atoms with Crippen molar-refractivity contribution in [3.8, 4) is 5.82 Å². The summed E-state index contributed by atoms with van der Waals surface area (Å²) < 4.78 is 106. The predicted molar refractivity (Wildman–Crippen MR) is 95.0 cm³/mol. The average Bonchev–Trinajstić information content (AvgIpc) is 3.22. The Kier molecular flexibility index (Phi) is 6.10. The Morgan fingerprint density at radius 3 is 2.12 bits per heavy atom. The van der Waals surface area contributed by atoms with E-state index in [1.807, 2.05) is 4.72 Å². The van der Waals surface area contributed by atoms with Gasteiger partial charge >= 0.3 is 12.4 Å². The van der Waals surface area contributed by atoms with Gasteiger partial charge in [0.15, 0.2) is 5.82 Å². The minimum Gasteiger partial charge on any atom is -0.268 e. The van der Waals surface area contributed by atoms with E-state index in [2.05, 4.69) is 15.2 Å². The third-order valence-corrected chi connectivity index (χ3v) is 5.43. The molecule has 3 aromatic rings. The zero-order chi connectivity index (χ0) is 23.7. The monoisotopic (exact) mass is 482 g/mol. The van der Waals surface area contributed by atoms with E-state index >= 15 is 0 Å². The lowest BCUT2D eigenvalue weighted by Gasteiger charge is -2.15. The molecule has 1 aromatic carbocycles. The molecule has 0 unspecified atom stereocenters. The molecule has 2 aromatic heterocycles. The summed E-state index contributed by atoms with van der Waals surface area (Å²) in [4.78, 5) is 14.4. The van der Waals surface area contributed by atoms with Gasteiger partial charge in [0.25, 0.3) is 5.56 Å². The Hall–Kier alpha value is -3.27. The van der Waals surface area contributed by atoms with Crippen molar-refractivity contribution in [1.82, 2.24) is 29.3 Å². The van der Waals surface area contributed by atoms with E-state index in [0.717, 1.165) is 10.7 Å². The second-order valence-electron chi connectivity index (χ2n) is 6.23. The van der Waals surface area contributed by atoms with Crippen LogP contribution in [-0.2, 0) is 28.9 Å². The number of alkyl halides is 6. The maximum absolute atomic E-state index is 13.0. The molecule has 16 heteroatoms. The van der Waals surface area contributed by atoms with E-state index in [4.69, 9.17) is 0 Å². The van der Waals surface area contributed by atoms with Crippen molar-refractivity contribution in [2.75, 3.05) is 6.54 Å². The first-order chi connectivity index (χ1) is 14.8.